The van der Waals surface area contributed by atoms with Gasteiger partial charge in [-0.05, 0) is 12.8 Å². The lowest BCUT2D eigenvalue weighted by atomic mass is 10.3. The largest absolute Gasteiger partial charge is 0.384 e. The van der Waals surface area contributed by atoms with Crippen LogP contribution in [-0.2, 0) is 14.0 Å². The Morgan fingerprint density at radius 3 is 1.67 bits per heavy atom. The quantitative estimate of drug-likeness (QED) is 0.345. The highest BCUT2D eigenvalue weighted by Crippen LogP contribution is 2.54. The smallest absolute Gasteiger partial charge is 0.340 e. The zero-order valence-corrected chi connectivity index (χ0v) is 12.6. The molecule has 6 heteroatoms. The maximum atomic E-state index is 11.7. The molecule has 0 saturated carbocycles. The monoisotopic (exact) mass is 282 g/mol. The van der Waals surface area contributed by atoms with E-state index in [9.17, 15) is 14.4 Å². The van der Waals surface area contributed by atoms with Crippen molar-refractivity contribution in [3.63, 3.8) is 0 Å². The zero-order chi connectivity index (χ0) is 14.1. The highest BCUT2D eigenvalue weighted by molar-refractivity contribution is 7.53. The third kappa shape index (κ3) is 5.81. The Bertz CT molecular complexity index is 241. The van der Waals surface area contributed by atoms with Crippen molar-refractivity contribution in [2.24, 2.45) is 0 Å². The lowest BCUT2D eigenvalue weighted by Gasteiger charge is -2.33. The normalized spacial score (nSPS) is 12.9. The summed E-state index contributed by atoms with van der Waals surface area (Å²) in [6, 6.07) is 0. The van der Waals surface area contributed by atoms with E-state index in [4.69, 9.17) is 9.47 Å². The summed E-state index contributed by atoms with van der Waals surface area (Å²) in [5, 5.41) is 0. The summed E-state index contributed by atoms with van der Waals surface area (Å²) in [4.78, 5) is 19.0. The molecule has 0 rings (SSSR count). The second-order valence-electron chi connectivity index (χ2n) is 4.41. The predicted octanol–water partition coefficient (Wildman–Crippen LogP) is 3.25. The Labute approximate surface area is 110 Å². The summed E-state index contributed by atoms with van der Waals surface area (Å²) in [6.07, 6.45) is 4.18. The zero-order valence-electron chi connectivity index (χ0n) is 11.7. The molecule has 0 aromatic rings. The summed E-state index contributed by atoms with van der Waals surface area (Å²) in [5.41, 5.74) is -1.74. The maximum absolute atomic E-state index is 11.7. The maximum Gasteiger partial charge on any atom is 0.384 e. The fourth-order valence-electron chi connectivity index (χ4n) is 1.57. The van der Waals surface area contributed by atoms with E-state index in [-0.39, 0.29) is 6.42 Å². The molecule has 0 aliphatic rings. The van der Waals surface area contributed by atoms with Crippen LogP contribution in [-0.4, -0.2) is 28.5 Å². The molecule has 0 bridgehead atoms. The van der Waals surface area contributed by atoms with Gasteiger partial charge in [-0.15, -0.1) is 0 Å². The Balaban J connectivity index is 4.74. The molecule has 0 aliphatic carbocycles. The summed E-state index contributed by atoms with van der Waals surface area (Å²) >= 11 is 0. The topological polar surface area (TPSA) is 76.0 Å². The number of ether oxygens (including phenoxy) is 2. The van der Waals surface area contributed by atoms with Crippen molar-refractivity contribution in [2.45, 2.75) is 64.8 Å². The number of rotatable bonds is 11. The molecular weight excluding hydrogens is 255 g/mol. The van der Waals surface area contributed by atoms with Crippen molar-refractivity contribution < 1.29 is 23.8 Å². The lowest BCUT2D eigenvalue weighted by Crippen LogP contribution is -2.36. The molecule has 0 aromatic heterocycles. The fourth-order valence-corrected chi connectivity index (χ4v) is 2.60. The van der Waals surface area contributed by atoms with Crippen LogP contribution in [0.3, 0.4) is 0 Å². The Hall–Kier alpha value is 0.0700. The van der Waals surface area contributed by atoms with Gasteiger partial charge in [0.05, 0.1) is 13.2 Å². The molecule has 0 radical (unpaired) electrons. The van der Waals surface area contributed by atoms with E-state index in [1.165, 1.54) is 0 Å². The summed E-state index contributed by atoms with van der Waals surface area (Å²) < 4.78 is 22.5. The van der Waals surface area contributed by atoms with E-state index >= 15 is 0 Å². The minimum Gasteiger partial charge on any atom is -0.340 e. The average Bonchev–Trinajstić information content (AvgIpc) is 2.28. The third-order valence-electron chi connectivity index (χ3n) is 2.66. The van der Waals surface area contributed by atoms with Gasteiger partial charge in [-0.3, -0.25) is 4.57 Å². The van der Waals surface area contributed by atoms with Gasteiger partial charge < -0.3 is 19.3 Å². The molecule has 2 N–H and O–H groups in total. The first-order valence-electron chi connectivity index (χ1n) is 6.77. The second-order valence-corrected chi connectivity index (χ2v) is 6.18. The van der Waals surface area contributed by atoms with Gasteiger partial charge in [0.2, 0.25) is 0 Å². The average molecular weight is 282 g/mol. The van der Waals surface area contributed by atoms with Gasteiger partial charge in [-0.2, -0.15) is 0 Å². The van der Waals surface area contributed by atoms with Crippen LogP contribution in [0.5, 0.6) is 0 Å². The van der Waals surface area contributed by atoms with Crippen LogP contribution in [0.4, 0.5) is 0 Å². The van der Waals surface area contributed by atoms with E-state index in [1.54, 1.807) is 0 Å². The second kappa shape index (κ2) is 9.05. The van der Waals surface area contributed by atoms with Crippen molar-refractivity contribution in [3.8, 4) is 0 Å². The highest BCUT2D eigenvalue weighted by atomic mass is 31.2. The molecule has 0 heterocycles. The van der Waals surface area contributed by atoms with Gasteiger partial charge in [0.25, 0.3) is 5.53 Å². The van der Waals surface area contributed by atoms with Crippen molar-refractivity contribution >= 4 is 7.60 Å². The number of unbranched alkanes of at least 4 members (excludes halogenated alkanes) is 2. The third-order valence-corrected chi connectivity index (χ3v) is 4.03. The molecule has 5 nitrogen and oxygen atoms in total. The minimum atomic E-state index is -4.45. The van der Waals surface area contributed by atoms with Gasteiger partial charge in [0, 0.05) is 6.42 Å². The SMILES string of the molecule is CCCCOC(CCC)(OCCCC)P(=O)(O)O. The molecule has 0 aromatic carbocycles. The first kappa shape index (κ1) is 18.1. The summed E-state index contributed by atoms with van der Waals surface area (Å²) in [6.45, 7) is 6.48. The first-order valence-corrected chi connectivity index (χ1v) is 8.38. The van der Waals surface area contributed by atoms with Crippen molar-refractivity contribution in [1.82, 2.24) is 0 Å². The van der Waals surface area contributed by atoms with Crippen LogP contribution < -0.4 is 0 Å². The van der Waals surface area contributed by atoms with Gasteiger partial charge in [-0.25, -0.2) is 0 Å². The van der Waals surface area contributed by atoms with Crippen molar-refractivity contribution in [3.05, 3.63) is 0 Å². The minimum absolute atomic E-state index is 0.213. The highest BCUT2D eigenvalue weighted by Gasteiger charge is 2.48. The van der Waals surface area contributed by atoms with E-state index in [1.807, 2.05) is 20.8 Å². The van der Waals surface area contributed by atoms with Crippen molar-refractivity contribution in [2.75, 3.05) is 13.2 Å². The van der Waals surface area contributed by atoms with Crippen molar-refractivity contribution in [1.29, 1.82) is 0 Å². The van der Waals surface area contributed by atoms with Crippen LogP contribution in [0.2, 0.25) is 0 Å². The van der Waals surface area contributed by atoms with Gasteiger partial charge in [-0.1, -0.05) is 40.0 Å². The Morgan fingerprint density at radius 2 is 1.39 bits per heavy atom. The number of hydrogen-bond acceptors (Lipinski definition) is 3. The number of hydrogen-bond donors (Lipinski definition) is 2. The van der Waals surface area contributed by atoms with E-state index in [2.05, 4.69) is 0 Å². The molecule has 0 unspecified atom stereocenters. The lowest BCUT2D eigenvalue weighted by molar-refractivity contribution is -0.195. The van der Waals surface area contributed by atoms with Crippen LogP contribution in [0.25, 0.3) is 0 Å². The first-order chi connectivity index (χ1) is 8.43. The molecule has 0 spiro atoms. The van der Waals surface area contributed by atoms with E-state index < -0.39 is 13.1 Å². The molecular formula is C12H27O5P. The molecule has 110 valence electrons. The summed E-state index contributed by atoms with van der Waals surface area (Å²) in [5.74, 6) is 0. The Morgan fingerprint density at radius 1 is 0.944 bits per heavy atom. The van der Waals surface area contributed by atoms with E-state index in [0.29, 0.717) is 19.6 Å². The molecule has 0 amide bonds. The van der Waals surface area contributed by atoms with Crippen LogP contribution in [0, 0.1) is 0 Å². The molecule has 0 atom stereocenters. The fraction of sp³-hybridized carbons (Fsp3) is 1.00. The molecule has 0 saturated heterocycles. The van der Waals surface area contributed by atoms with Gasteiger partial charge >= 0.3 is 7.60 Å². The van der Waals surface area contributed by atoms with Crippen LogP contribution in [0.15, 0.2) is 0 Å². The van der Waals surface area contributed by atoms with Gasteiger partial charge in [0.15, 0.2) is 0 Å². The van der Waals surface area contributed by atoms with Crippen LogP contribution >= 0.6 is 7.60 Å². The predicted molar refractivity (Wildman–Crippen MR) is 71.4 cm³/mol. The van der Waals surface area contributed by atoms with Gasteiger partial charge in [0.1, 0.15) is 0 Å². The molecule has 18 heavy (non-hydrogen) atoms. The van der Waals surface area contributed by atoms with E-state index in [0.717, 1.165) is 25.7 Å². The Kier molecular flexibility index (Phi) is 9.09. The van der Waals surface area contributed by atoms with Crippen LogP contribution in [0.1, 0.15) is 59.3 Å². The molecule has 0 fully saturated rings. The standard InChI is InChI=1S/C12H27O5P/c1-4-7-10-16-12(9-6-3,18(13,14)15)17-11-8-5-2/h4-11H2,1-3H3,(H2,13,14,15). The summed E-state index contributed by atoms with van der Waals surface area (Å²) in [7, 11) is -4.45. The molecule has 0 aliphatic heterocycles.